The number of aliphatic carboxylic acids is 2. The van der Waals surface area contributed by atoms with Crippen LogP contribution in [0.2, 0.25) is 9.36 Å². The van der Waals surface area contributed by atoms with E-state index < -0.39 is 64.4 Å². The second-order valence-corrected chi connectivity index (χ2v) is 15.2. The lowest BCUT2D eigenvalue weighted by atomic mass is 10.00. The molecule has 0 saturated carbocycles. The van der Waals surface area contributed by atoms with E-state index in [1.165, 1.54) is 24.8 Å². The van der Waals surface area contributed by atoms with Gasteiger partial charge in [-0.1, -0.05) is 39.7 Å². The van der Waals surface area contributed by atoms with Crippen molar-refractivity contribution in [1.82, 2.24) is 20.5 Å². The van der Waals surface area contributed by atoms with Gasteiger partial charge in [0, 0.05) is 11.3 Å². The zero-order valence-electron chi connectivity index (χ0n) is 26.9. The Bertz CT molecular complexity index is 1830. The number of phenolic OH excluding ortho intramolecular Hbond substituents is 2. The Hall–Kier alpha value is -4.30. The van der Waals surface area contributed by atoms with Crippen molar-refractivity contribution in [2.75, 3.05) is 44.2 Å². The van der Waals surface area contributed by atoms with E-state index in [0.29, 0.717) is 36.2 Å². The van der Waals surface area contributed by atoms with Crippen LogP contribution >= 0.6 is 46.3 Å². The van der Waals surface area contributed by atoms with Gasteiger partial charge in [-0.2, -0.15) is 0 Å². The molecule has 21 heteroatoms. The fourth-order valence-electron chi connectivity index (χ4n) is 6.13. The second kappa shape index (κ2) is 15.5. The zero-order valence-corrected chi connectivity index (χ0v) is 30.1. The van der Waals surface area contributed by atoms with Crippen LogP contribution in [-0.2, 0) is 24.0 Å². The average Bonchev–Trinajstić information content (AvgIpc) is 3.42. The van der Waals surface area contributed by atoms with Crippen LogP contribution in [0.4, 0.5) is 5.13 Å². The summed E-state index contributed by atoms with van der Waals surface area (Å²) in [7, 11) is 0. The molecular weight excluding hydrogens is 753 g/mol. The second-order valence-electron chi connectivity index (χ2n) is 12.1. The molecule has 0 radical (unpaired) electrons. The fourth-order valence-corrected chi connectivity index (χ4v) is 8.64. The number of β-lactam (4-membered cyclic amide) rings is 1. The summed E-state index contributed by atoms with van der Waals surface area (Å²) < 4.78 is 0.431. The third-order valence-electron chi connectivity index (χ3n) is 8.73. The van der Waals surface area contributed by atoms with Crippen molar-refractivity contribution in [1.29, 1.82) is 0 Å². The summed E-state index contributed by atoms with van der Waals surface area (Å²) in [5.41, 5.74) is 5.37. The van der Waals surface area contributed by atoms with E-state index in [0.717, 1.165) is 41.6 Å². The van der Waals surface area contributed by atoms with Crippen LogP contribution in [0.5, 0.6) is 11.5 Å². The molecule has 2 fully saturated rings. The lowest BCUT2D eigenvalue weighted by Gasteiger charge is -2.50. The third-order valence-corrected chi connectivity index (χ3v) is 11.5. The number of carboxylic acids is 2. The number of nitrogens with two attached hydrogens (primary N) is 1. The monoisotopic (exact) mass is 786 g/mol. The number of quaternary nitrogens is 1. The summed E-state index contributed by atoms with van der Waals surface area (Å²) in [5, 5.41) is 47.0. The summed E-state index contributed by atoms with van der Waals surface area (Å²) in [5.74, 6) is -5.67. The van der Waals surface area contributed by atoms with Crippen molar-refractivity contribution in [3.63, 3.8) is 0 Å². The van der Waals surface area contributed by atoms with Gasteiger partial charge in [0.15, 0.2) is 22.3 Å². The van der Waals surface area contributed by atoms with Crippen molar-refractivity contribution in [2.24, 2.45) is 5.16 Å². The van der Waals surface area contributed by atoms with Gasteiger partial charge >= 0.3 is 11.9 Å². The number of benzene rings is 1. The molecular formula is C30H34Cl2N7O10S2+. The largest absolute Gasteiger partial charge is 0.504 e. The number of aromatic nitrogens is 1. The van der Waals surface area contributed by atoms with Gasteiger partial charge in [0.2, 0.25) is 6.10 Å². The number of oxime groups is 1. The number of aromatic hydroxyl groups is 2. The summed E-state index contributed by atoms with van der Waals surface area (Å²) in [6, 6.07) is 1.30. The number of nitrogen functional groups attached to an aromatic ring is 1. The number of phenols is 2. The van der Waals surface area contributed by atoms with E-state index in [-0.39, 0.29) is 43.7 Å². The smallest absolute Gasteiger partial charge is 0.352 e. The number of piperidine rings is 1. The highest BCUT2D eigenvalue weighted by Gasteiger charge is 2.55. The van der Waals surface area contributed by atoms with E-state index in [1.54, 1.807) is 0 Å². The summed E-state index contributed by atoms with van der Waals surface area (Å²) in [6.45, 7) is 3.56. The first-order valence-corrected chi connectivity index (χ1v) is 18.2. The number of hydrogen-bond acceptors (Lipinski definition) is 13. The van der Waals surface area contributed by atoms with Crippen molar-refractivity contribution in [3.8, 4) is 11.5 Å². The molecule has 3 aliphatic heterocycles. The Balaban J connectivity index is 1.31. The first kappa shape index (κ1) is 37.9. The number of hydrogen-bond donors (Lipinski definition) is 7. The average molecular weight is 788 g/mol. The maximum atomic E-state index is 13.5. The number of fused-ring (bicyclic) bond motifs is 1. The highest BCUT2D eigenvalue weighted by atomic mass is 35.5. The molecule has 0 spiro atoms. The fraction of sp³-hybridized carbons (Fsp3) is 0.433. The summed E-state index contributed by atoms with van der Waals surface area (Å²) in [4.78, 5) is 73.8. The van der Waals surface area contributed by atoms with E-state index >= 15 is 0 Å². The topological polar surface area (TPSA) is 254 Å². The maximum Gasteiger partial charge on any atom is 0.352 e. The summed E-state index contributed by atoms with van der Waals surface area (Å²) in [6.07, 6.45) is 1.31. The van der Waals surface area contributed by atoms with Gasteiger partial charge in [-0.15, -0.1) is 11.8 Å². The van der Waals surface area contributed by atoms with E-state index in [1.807, 2.05) is 0 Å². The number of carbonyl (C=O) groups is 5. The molecule has 17 nitrogen and oxygen atoms in total. The molecule has 274 valence electrons. The number of thiazole rings is 1. The lowest BCUT2D eigenvalue weighted by Crippen LogP contribution is -2.71. The minimum Gasteiger partial charge on any atom is -0.504 e. The highest BCUT2D eigenvalue weighted by molar-refractivity contribution is 8.00. The molecule has 2 aromatic rings. The van der Waals surface area contributed by atoms with Gasteiger partial charge < -0.3 is 46.1 Å². The molecule has 4 heterocycles. The number of nitrogens with zero attached hydrogens (tertiary/aromatic N) is 4. The van der Waals surface area contributed by atoms with Gasteiger partial charge in [0.05, 0.1) is 36.8 Å². The molecule has 0 unspecified atom stereocenters. The van der Waals surface area contributed by atoms with Crippen molar-refractivity contribution in [2.45, 2.75) is 43.7 Å². The van der Waals surface area contributed by atoms with Crippen LogP contribution in [0.3, 0.4) is 0 Å². The van der Waals surface area contributed by atoms with E-state index in [4.69, 9.17) is 38.9 Å². The number of halogens is 2. The maximum absolute atomic E-state index is 13.5. The first-order valence-electron chi connectivity index (χ1n) is 15.6. The number of anilines is 1. The minimum atomic E-state index is -1.44. The molecule has 0 bridgehead atoms. The normalized spacial score (nSPS) is 20.6. The predicted molar refractivity (Wildman–Crippen MR) is 187 cm³/mol. The van der Waals surface area contributed by atoms with Crippen LogP contribution < -0.4 is 16.4 Å². The molecule has 1 aromatic heterocycles. The molecule has 5 rings (SSSR count). The van der Waals surface area contributed by atoms with Crippen LogP contribution in [0.25, 0.3) is 0 Å². The molecule has 51 heavy (non-hydrogen) atoms. The van der Waals surface area contributed by atoms with E-state index in [9.17, 15) is 39.3 Å². The molecule has 8 N–H and O–H groups in total. The quantitative estimate of drug-likeness (QED) is 0.0504. The zero-order chi connectivity index (χ0) is 37.2. The van der Waals surface area contributed by atoms with Gasteiger partial charge in [0.25, 0.3) is 17.7 Å². The molecule has 3 atom stereocenters. The first-order chi connectivity index (χ1) is 24.1. The predicted octanol–water partition coefficient (Wildman–Crippen LogP) is 1.81. The Kier molecular flexibility index (Phi) is 11.5. The lowest BCUT2D eigenvalue weighted by molar-refractivity contribution is -0.927. The molecule has 3 aliphatic rings. The van der Waals surface area contributed by atoms with Gasteiger partial charge in [-0.3, -0.25) is 19.3 Å². The Labute approximate surface area is 308 Å². The standard InChI is InChI=1S/C30H33Cl2N7O10S2/c1-13(28(45)46)49-37-19(18-23(32)51-30(33)36-18)25(43)35-20-26(44)38-21(29(47)48)14(12-50-27(20)38)11-39(8-3-2-4-9-39)10-7-34-24(42)15-5-6-16(40)22(41)17(15)31/h5-6,13,20,27H,2-4,7-12H2,1H3,(H7-,33,34,35,36,37,40,41,42,43,45,46,47,48)/p+1/t13-,20+,27+/m0/s1. The Morgan fingerprint density at radius 2 is 1.88 bits per heavy atom. The van der Waals surface area contributed by atoms with Crippen LogP contribution in [0, 0.1) is 0 Å². The molecule has 2 saturated heterocycles. The number of amides is 3. The van der Waals surface area contributed by atoms with Crippen LogP contribution in [0.15, 0.2) is 28.6 Å². The molecule has 0 aliphatic carbocycles. The summed E-state index contributed by atoms with van der Waals surface area (Å²) >= 11 is 14.4. The minimum absolute atomic E-state index is 0.00201. The Morgan fingerprint density at radius 3 is 2.51 bits per heavy atom. The Morgan fingerprint density at radius 1 is 1.18 bits per heavy atom. The number of rotatable bonds is 13. The van der Waals surface area contributed by atoms with Gasteiger partial charge in [-0.25, -0.2) is 14.6 Å². The molecule has 1 aromatic carbocycles. The van der Waals surface area contributed by atoms with Gasteiger partial charge in [-0.05, 0) is 38.3 Å². The number of carbonyl (C=O) groups excluding carboxylic acids is 3. The molecule has 3 amide bonds. The van der Waals surface area contributed by atoms with Crippen molar-refractivity contribution in [3.05, 3.63) is 44.0 Å². The van der Waals surface area contributed by atoms with Crippen LogP contribution in [0.1, 0.15) is 42.2 Å². The SMILES string of the molecule is C[C@H](O/N=C(\C(=O)N[C@@H]1C(=O)N2C(C(=O)O)=C(C[N+]3(CCNC(=O)c4ccc(O)c(O)c4Cl)CCCCC3)CS[C@H]12)c1nc(N)sc1Cl)C(=O)O. The highest BCUT2D eigenvalue weighted by Crippen LogP contribution is 2.42. The number of likely N-dealkylation sites (tertiary alicyclic amines) is 1. The number of thioether (sulfide) groups is 1. The number of carboxylic acid groups (broad SMARTS) is 2. The van der Waals surface area contributed by atoms with Gasteiger partial charge in [0.1, 0.15) is 33.7 Å². The number of nitrogens with one attached hydrogen (secondary N) is 2. The van der Waals surface area contributed by atoms with Crippen LogP contribution in [-0.4, -0.2) is 126 Å². The van der Waals surface area contributed by atoms with E-state index in [2.05, 4.69) is 20.8 Å². The van der Waals surface area contributed by atoms with Crippen molar-refractivity contribution < 1.29 is 53.7 Å². The third kappa shape index (κ3) is 7.96. The van der Waals surface area contributed by atoms with Crippen molar-refractivity contribution >= 4 is 86.8 Å².